The van der Waals surface area contributed by atoms with E-state index in [2.05, 4.69) is 0 Å². The Morgan fingerprint density at radius 2 is 1.86 bits per heavy atom. The van der Waals surface area contributed by atoms with E-state index in [9.17, 15) is 9.59 Å². The zero-order valence-corrected chi connectivity index (χ0v) is 12.8. The molecule has 0 spiro atoms. The first-order valence-corrected chi connectivity index (χ1v) is 6.94. The molecule has 0 aromatic heterocycles. The second kappa shape index (κ2) is 5.76. The molecule has 0 fully saturated rings. The highest BCUT2D eigenvalue weighted by atomic mass is 16.5. The number of methoxy groups -OCH3 is 2. The van der Waals surface area contributed by atoms with Gasteiger partial charge in [0.1, 0.15) is 5.41 Å². The molecule has 1 unspecified atom stereocenters. The lowest BCUT2D eigenvalue weighted by Crippen LogP contribution is -2.41. The van der Waals surface area contributed by atoms with Crippen molar-refractivity contribution in [3.8, 4) is 11.5 Å². The van der Waals surface area contributed by atoms with Gasteiger partial charge in [0.15, 0.2) is 17.3 Å². The number of aryl methyl sites for hydroxylation is 1. The van der Waals surface area contributed by atoms with Gasteiger partial charge < -0.3 is 14.2 Å². The Hall–Kier alpha value is -2.04. The van der Waals surface area contributed by atoms with Crippen LogP contribution in [0.5, 0.6) is 11.5 Å². The number of carbonyl (C=O) groups excluding carboxylic acids is 2. The summed E-state index contributed by atoms with van der Waals surface area (Å²) in [7, 11) is 3.07. The maximum atomic E-state index is 12.7. The van der Waals surface area contributed by atoms with Crippen molar-refractivity contribution < 1.29 is 23.8 Å². The van der Waals surface area contributed by atoms with Crippen molar-refractivity contribution in [3.05, 3.63) is 23.3 Å². The Balaban J connectivity index is 2.46. The van der Waals surface area contributed by atoms with E-state index in [1.54, 1.807) is 33.1 Å². The molecule has 0 saturated heterocycles. The molecule has 1 aromatic rings. The van der Waals surface area contributed by atoms with Gasteiger partial charge in [-0.15, -0.1) is 0 Å². The summed E-state index contributed by atoms with van der Waals surface area (Å²) in [5, 5.41) is 0. The van der Waals surface area contributed by atoms with Crippen LogP contribution in [0, 0.1) is 5.41 Å². The molecule has 21 heavy (non-hydrogen) atoms. The van der Waals surface area contributed by atoms with Crippen LogP contribution < -0.4 is 9.47 Å². The molecule has 2 rings (SSSR count). The first kappa shape index (κ1) is 15.4. The van der Waals surface area contributed by atoms with Crippen LogP contribution in [-0.4, -0.2) is 32.6 Å². The average molecular weight is 292 g/mol. The largest absolute Gasteiger partial charge is 0.493 e. The van der Waals surface area contributed by atoms with Crippen LogP contribution in [0.15, 0.2) is 12.1 Å². The summed E-state index contributed by atoms with van der Waals surface area (Å²) in [5.41, 5.74) is 0.261. The van der Waals surface area contributed by atoms with E-state index < -0.39 is 11.4 Å². The molecule has 0 radical (unpaired) electrons. The highest BCUT2D eigenvalue weighted by Gasteiger charge is 2.46. The fourth-order valence-electron chi connectivity index (χ4n) is 2.62. The van der Waals surface area contributed by atoms with E-state index in [1.807, 2.05) is 0 Å². The number of Topliss-reactive ketones (excluding diaryl/α,β-unsaturated/α-hetero) is 1. The van der Waals surface area contributed by atoms with Crippen molar-refractivity contribution in [2.45, 2.75) is 26.7 Å². The van der Waals surface area contributed by atoms with E-state index >= 15 is 0 Å². The van der Waals surface area contributed by atoms with Gasteiger partial charge in [-0.25, -0.2) is 0 Å². The molecule has 114 valence electrons. The summed E-state index contributed by atoms with van der Waals surface area (Å²) >= 11 is 0. The molecule has 0 bridgehead atoms. The van der Waals surface area contributed by atoms with Crippen LogP contribution in [0.25, 0.3) is 0 Å². The number of ketones is 1. The SMILES string of the molecule is CCOC(=O)C1(C)CCc2cc(OC)c(OC)cc2C1=O. The molecule has 0 amide bonds. The Labute approximate surface area is 124 Å². The minimum Gasteiger partial charge on any atom is -0.493 e. The van der Waals surface area contributed by atoms with Crippen molar-refractivity contribution >= 4 is 11.8 Å². The van der Waals surface area contributed by atoms with Crippen LogP contribution in [0.3, 0.4) is 0 Å². The monoisotopic (exact) mass is 292 g/mol. The number of carbonyl (C=O) groups is 2. The Kier molecular flexibility index (Phi) is 4.21. The van der Waals surface area contributed by atoms with Crippen LogP contribution in [0.1, 0.15) is 36.2 Å². The van der Waals surface area contributed by atoms with Crippen LogP contribution >= 0.6 is 0 Å². The van der Waals surface area contributed by atoms with E-state index in [-0.39, 0.29) is 12.4 Å². The first-order valence-electron chi connectivity index (χ1n) is 6.94. The zero-order valence-electron chi connectivity index (χ0n) is 12.8. The molecule has 1 atom stereocenters. The van der Waals surface area contributed by atoms with Gasteiger partial charge in [-0.3, -0.25) is 9.59 Å². The number of ether oxygens (including phenoxy) is 3. The van der Waals surface area contributed by atoms with Gasteiger partial charge >= 0.3 is 5.97 Å². The summed E-state index contributed by atoms with van der Waals surface area (Å²) in [6.07, 6.45) is 1.06. The maximum absolute atomic E-state index is 12.7. The summed E-state index contributed by atoms with van der Waals surface area (Å²) in [6, 6.07) is 3.45. The quantitative estimate of drug-likeness (QED) is 0.630. The fourth-order valence-corrected chi connectivity index (χ4v) is 2.62. The van der Waals surface area contributed by atoms with Gasteiger partial charge in [0.25, 0.3) is 0 Å². The molecule has 5 nitrogen and oxygen atoms in total. The highest BCUT2D eigenvalue weighted by Crippen LogP contribution is 2.40. The Bertz CT molecular complexity index is 578. The van der Waals surface area contributed by atoms with Gasteiger partial charge in [0.05, 0.1) is 20.8 Å². The molecular weight excluding hydrogens is 272 g/mol. The number of hydrogen-bond donors (Lipinski definition) is 0. The molecule has 1 aliphatic rings. The van der Waals surface area contributed by atoms with Crippen LogP contribution in [0.4, 0.5) is 0 Å². The zero-order chi connectivity index (χ0) is 15.6. The molecule has 0 N–H and O–H groups in total. The van der Waals surface area contributed by atoms with Crippen LogP contribution in [-0.2, 0) is 16.0 Å². The third kappa shape index (κ3) is 2.48. The third-order valence-electron chi connectivity index (χ3n) is 3.98. The molecule has 0 saturated carbocycles. The Morgan fingerprint density at radius 1 is 1.24 bits per heavy atom. The summed E-state index contributed by atoms with van der Waals surface area (Å²) in [6.45, 7) is 3.64. The average Bonchev–Trinajstić information content (AvgIpc) is 2.50. The van der Waals surface area contributed by atoms with E-state index in [0.717, 1.165) is 5.56 Å². The minimum atomic E-state index is -1.12. The highest BCUT2D eigenvalue weighted by molar-refractivity contribution is 6.14. The van der Waals surface area contributed by atoms with Crippen molar-refractivity contribution in [3.63, 3.8) is 0 Å². The number of hydrogen-bond acceptors (Lipinski definition) is 5. The molecule has 1 aromatic carbocycles. The first-order chi connectivity index (χ1) is 9.97. The molecule has 0 heterocycles. The summed E-state index contributed by atoms with van der Waals surface area (Å²) in [4.78, 5) is 24.8. The topological polar surface area (TPSA) is 61.8 Å². The second-order valence-corrected chi connectivity index (χ2v) is 5.25. The lowest BCUT2D eigenvalue weighted by Gasteiger charge is -2.31. The molecule has 1 aliphatic carbocycles. The van der Waals surface area contributed by atoms with E-state index in [1.165, 1.54) is 7.11 Å². The number of fused-ring (bicyclic) bond motifs is 1. The molecular formula is C16H20O5. The third-order valence-corrected chi connectivity index (χ3v) is 3.98. The van der Waals surface area contributed by atoms with E-state index in [4.69, 9.17) is 14.2 Å². The number of rotatable bonds is 4. The van der Waals surface area contributed by atoms with Gasteiger partial charge in [-0.05, 0) is 44.4 Å². The van der Waals surface area contributed by atoms with Gasteiger partial charge in [-0.2, -0.15) is 0 Å². The predicted octanol–water partition coefficient (Wildman–Crippen LogP) is 2.40. The summed E-state index contributed by atoms with van der Waals surface area (Å²) in [5.74, 6) is 0.389. The van der Waals surface area contributed by atoms with Crippen molar-refractivity contribution in [1.82, 2.24) is 0 Å². The maximum Gasteiger partial charge on any atom is 0.319 e. The molecule has 5 heteroatoms. The number of esters is 1. The minimum absolute atomic E-state index is 0.219. The standard InChI is InChI=1S/C16H20O5/c1-5-21-15(18)16(2)7-6-10-8-12(19-3)13(20-4)9-11(10)14(16)17/h8-9H,5-7H2,1-4H3. The van der Waals surface area contributed by atoms with Crippen molar-refractivity contribution in [2.75, 3.05) is 20.8 Å². The van der Waals surface area contributed by atoms with Gasteiger partial charge in [0.2, 0.25) is 0 Å². The Morgan fingerprint density at radius 3 is 2.43 bits per heavy atom. The molecule has 0 aliphatic heterocycles. The number of benzene rings is 1. The van der Waals surface area contributed by atoms with Gasteiger partial charge in [-0.1, -0.05) is 0 Å². The van der Waals surface area contributed by atoms with Crippen LogP contribution in [0.2, 0.25) is 0 Å². The fraction of sp³-hybridized carbons (Fsp3) is 0.500. The smallest absolute Gasteiger partial charge is 0.319 e. The predicted molar refractivity (Wildman–Crippen MR) is 76.9 cm³/mol. The van der Waals surface area contributed by atoms with Gasteiger partial charge in [0, 0.05) is 5.56 Å². The second-order valence-electron chi connectivity index (χ2n) is 5.25. The lowest BCUT2D eigenvalue weighted by atomic mass is 9.71. The normalized spacial score (nSPS) is 20.7. The van der Waals surface area contributed by atoms with E-state index in [0.29, 0.717) is 29.9 Å². The van der Waals surface area contributed by atoms with Crippen molar-refractivity contribution in [2.24, 2.45) is 5.41 Å². The summed E-state index contributed by atoms with van der Waals surface area (Å²) < 4.78 is 15.5. The van der Waals surface area contributed by atoms with Crippen molar-refractivity contribution in [1.29, 1.82) is 0 Å². The lowest BCUT2D eigenvalue weighted by molar-refractivity contribution is -0.151.